The molecule has 7 atom stereocenters. The molecule has 6 aliphatic rings. The number of ether oxygens (including phenoxy) is 2. The van der Waals surface area contributed by atoms with Gasteiger partial charge < -0.3 is 29.2 Å². The van der Waals surface area contributed by atoms with Gasteiger partial charge in [-0.15, -0.1) is 11.3 Å². The van der Waals surface area contributed by atoms with E-state index < -0.39 is 16.9 Å². The predicted molar refractivity (Wildman–Crippen MR) is 252 cm³/mol. The third-order valence-electron chi connectivity index (χ3n) is 15.3. The van der Waals surface area contributed by atoms with Crippen molar-refractivity contribution in [3.63, 3.8) is 0 Å². The van der Waals surface area contributed by atoms with Crippen LogP contribution in [0.25, 0.3) is 33.4 Å². The van der Waals surface area contributed by atoms with Crippen molar-refractivity contribution in [3.05, 3.63) is 75.9 Å². The second-order valence-corrected chi connectivity index (χ2v) is 21.6. The van der Waals surface area contributed by atoms with Crippen LogP contribution in [-0.4, -0.2) is 118 Å². The molecule has 4 aromatic heterocycles. The van der Waals surface area contributed by atoms with Crippen molar-refractivity contribution in [1.82, 2.24) is 45.2 Å². The first-order valence-corrected chi connectivity index (χ1v) is 24.6. The van der Waals surface area contributed by atoms with Gasteiger partial charge in [0.2, 0.25) is 11.8 Å². The second-order valence-electron chi connectivity index (χ2n) is 20.7. The van der Waals surface area contributed by atoms with Gasteiger partial charge in [-0.2, -0.15) is 0 Å². The van der Waals surface area contributed by atoms with E-state index in [4.69, 9.17) is 19.4 Å². The van der Waals surface area contributed by atoms with E-state index in [1.54, 1.807) is 24.5 Å². The lowest BCUT2D eigenvalue weighted by atomic mass is 9.83. The lowest BCUT2D eigenvalue weighted by molar-refractivity contribution is -0.162. The molecular weight excluding hydrogens is 853 g/mol. The molecule has 2 amide bonds. The van der Waals surface area contributed by atoms with E-state index in [0.717, 1.165) is 88.0 Å². The van der Waals surface area contributed by atoms with E-state index in [0.29, 0.717) is 44.5 Å². The number of nitrogens with one attached hydrogen (secondary N) is 2. The summed E-state index contributed by atoms with van der Waals surface area (Å²) in [6.45, 7) is 13.1. The Morgan fingerprint density at radius 2 is 1.88 bits per heavy atom. The highest BCUT2D eigenvalue weighted by atomic mass is 32.1. The van der Waals surface area contributed by atoms with Crippen molar-refractivity contribution < 1.29 is 23.9 Å². The minimum atomic E-state index is -1.01. The Balaban J connectivity index is 0.977. The average Bonchev–Trinajstić information content (AvgIpc) is 3.72. The molecule has 7 bridgehead atoms. The summed E-state index contributed by atoms with van der Waals surface area (Å²) in [5.74, 6) is -0.468. The van der Waals surface area contributed by atoms with Gasteiger partial charge in [0, 0.05) is 104 Å². The topological polar surface area (TPSA) is 160 Å². The largest absolute Gasteiger partial charge is 0.464 e. The number of hydrogen-bond acceptors (Lipinski definition) is 13. The molecule has 2 saturated heterocycles. The summed E-state index contributed by atoms with van der Waals surface area (Å²) < 4.78 is 15.1. The van der Waals surface area contributed by atoms with Crippen molar-refractivity contribution in [2.75, 3.05) is 64.9 Å². The number of cyclic esters (lactones) is 1. The summed E-state index contributed by atoms with van der Waals surface area (Å²) in [6, 6.07) is 8.88. The molecule has 4 aliphatic heterocycles. The number of benzene rings is 1. The quantitative estimate of drug-likeness (QED) is 0.191. The third kappa shape index (κ3) is 7.67. The minimum absolute atomic E-state index is 0.0536. The fraction of sp³-hybridized carbons (Fsp3) is 0.540. The number of aromatic nitrogens is 5. The molecule has 1 spiro atoms. The standard InChI is InChI=1S/C50H60N10O5S/c1-28-45(64-6)43-38(17-34(24-53-43)58-13-11-57(5)12-14-58)44-39-20-49(3,4)27-65-48(63)50-10-9-30(19-50)25-59(56-50)47(62)32(21-54-46(61)37-18-35(37)33-22-51-29(2)52-23-33)16-42-55-40(26-66-42)31-7-8-41(60(28)44)36(39)15-31/h7-8,15,17,22-24,26,28,30,32,35,37,45,56H,9-14,16,18-21,25,27H2,1-6H3,(H,54,61)/t28?,30-,32-,35+,37-,45+,50+/m1/s1. The number of methoxy groups -OCH3 is 1. The number of anilines is 1. The fourth-order valence-corrected chi connectivity index (χ4v) is 12.4. The van der Waals surface area contributed by atoms with Crippen LogP contribution < -0.4 is 15.6 Å². The number of aryl methyl sites for hydroxylation is 1. The van der Waals surface area contributed by atoms with E-state index in [9.17, 15) is 14.4 Å². The summed E-state index contributed by atoms with van der Waals surface area (Å²) in [7, 11) is 3.94. The van der Waals surface area contributed by atoms with Crippen LogP contribution in [0.15, 0.2) is 48.2 Å². The lowest BCUT2D eigenvalue weighted by Gasteiger charge is -2.41. The Morgan fingerprint density at radius 3 is 2.67 bits per heavy atom. The number of amides is 2. The number of likely N-dealkylation sites (N-methyl/N-ethyl adjacent to an activating group) is 1. The fourth-order valence-electron chi connectivity index (χ4n) is 11.5. The Morgan fingerprint density at radius 1 is 1.08 bits per heavy atom. The maximum atomic E-state index is 14.7. The summed E-state index contributed by atoms with van der Waals surface area (Å²) in [6.07, 6.45) is 9.05. The van der Waals surface area contributed by atoms with Crippen molar-refractivity contribution >= 4 is 45.7 Å². The average molecular weight is 913 g/mol. The number of carbonyl (C=O) groups is 3. The first kappa shape index (κ1) is 43.3. The number of nitrogens with zero attached hydrogens (tertiary/aromatic N) is 8. The molecule has 11 rings (SSSR count). The Hall–Kier alpha value is -5.29. The minimum Gasteiger partial charge on any atom is -0.464 e. The molecule has 2 N–H and O–H groups in total. The van der Waals surface area contributed by atoms with Crippen LogP contribution in [0.4, 0.5) is 5.69 Å². The van der Waals surface area contributed by atoms with Crippen LogP contribution in [0.2, 0.25) is 0 Å². The number of thiazole rings is 1. The highest BCUT2D eigenvalue weighted by molar-refractivity contribution is 7.10. The third-order valence-corrected chi connectivity index (χ3v) is 16.2. The van der Waals surface area contributed by atoms with Crippen molar-refractivity contribution in [3.8, 4) is 22.5 Å². The molecular formula is C50H60N10O5S. The van der Waals surface area contributed by atoms with Gasteiger partial charge in [0.25, 0.3) is 0 Å². The number of pyridine rings is 1. The van der Waals surface area contributed by atoms with Crippen molar-refractivity contribution in [1.29, 1.82) is 0 Å². The highest BCUT2D eigenvalue weighted by Crippen LogP contribution is 2.51. The molecule has 4 fully saturated rings. The van der Waals surface area contributed by atoms with E-state index >= 15 is 0 Å². The van der Waals surface area contributed by atoms with Gasteiger partial charge in [0.1, 0.15) is 17.5 Å². The Kier molecular flexibility index (Phi) is 10.8. The van der Waals surface area contributed by atoms with Gasteiger partial charge >= 0.3 is 5.97 Å². The number of fused-ring (bicyclic) bond motifs is 11. The van der Waals surface area contributed by atoms with Crippen molar-refractivity contribution in [2.45, 2.75) is 89.8 Å². The van der Waals surface area contributed by atoms with E-state index in [2.05, 4.69) is 92.5 Å². The van der Waals surface area contributed by atoms with E-state index in [1.807, 2.05) is 13.1 Å². The monoisotopic (exact) mass is 912 g/mol. The van der Waals surface area contributed by atoms with E-state index in [-0.39, 0.29) is 60.8 Å². The summed E-state index contributed by atoms with van der Waals surface area (Å²) >= 11 is 1.53. The van der Waals surface area contributed by atoms with Crippen LogP contribution >= 0.6 is 11.3 Å². The molecule has 8 heterocycles. The number of hydrogen-bond donors (Lipinski definition) is 2. The number of rotatable bonds is 6. The Labute approximate surface area is 389 Å². The first-order valence-electron chi connectivity index (χ1n) is 23.7. The summed E-state index contributed by atoms with van der Waals surface area (Å²) in [5.41, 5.74) is 11.2. The smallest absolute Gasteiger partial charge is 0.328 e. The molecule has 1 unspecified atom stereocenters. The molecule has 5 aromatic rings. The predicted octanol–water partition coefficient (Wildman–Crippen LogP) is 6.03. The van der Waals surface area contributed by atoms with Gasteiger partial charge in [-0.1, -0.05) is 19.9 Å². The summed E-state index contributed by atoms with van der Waals surface area (Å²) in [5, 5.41) is 8.79. The molecule has 15 nitrogen and oxygen atoms in total. The molecule has 66 heavy (non-hydrogen) atoms. The molecule has 1 aromatic carbocycles. The number of carbonyl (C=O) groups excluding carboxylic acids is 3. The second kappa shape index (κ2) is 16.5. The van der Waals surface area contributed by atoms with Gasteiger partial charge in [0.05, 0.1) is 52.5 Å². The Bertz CT molecular complexity index is 2730. The van der Waals surface area contributed by atoms with Crippen LogP contribution in [-0.2, 0) is 36.7 Å². The van der Waals surface area contributed by atoms with Crippen LogP contribution in [0.3, 0.4) is 0 Å². The maximum Gasteiger partial charge on any atom is 0.328 e. The summed E-state index contributed by atoms with van der Waals surface area (Å²) in [4.78, 5) is 66.7. The van der Waals surface area contributed by atoms with Gasteiger partial charge in [-0.3, -0.25) is 19.6 Å². The zero-order valence-corrected chi connectivity index (χ0v) is 39.6. The van der Waals surface area contributed by atoms with Gasteiger partial charge in [0.15, 0.2) is 0 Å². The molecule has 16 heteroatoms. The first-order chi connectivity index (χ1) is 31.8. The highest BCUT2D eigenvalue weighted by Gasteiger charge is 2.53. The molecule has 0 radical (unpaired) electrons. The van der Waals surface area contributed by atoms with Crippen LogP contribution in [0.1, 0.15) is 92.2 Å². The number of piperazine rings is 1. The molecule has 2 aliphatic carbocycles. The van der Waals surface area contributed by atoms with E-state index in [1.165, 1.54) is 16.9 Å². The zero-order valence-electron chi connectivity index (χ0n) is 38.8. The van der Waals surface area contributed by atoms with Crippen molar-refractivity contribution in [2.24, 2.45) is 23.2 Å². The maximum absolute atomic E-state index is 14.7. The van der Waals surface area contributed by atoms with Crippen LogP contribution in [0, 0.1) is 30.1 Å². The van der Waals surface area contributed by atoms with Gasteiger partial charge in [-0.05, 0) is 94.2 Å². The number of esters is 1. The number of hydrazine groups is 1. The SMILES string of the molecule is CO[C@@H]1c2ncc(N3CCN(C)CC3)cc2-c2c3c4cc(ccc4n2C1C)-c1csc(n1)C[C@H](CNC(=O)[C@@H]1C[C@H]1c1cnc(C)nc1)C(=O)N1C[C@@H]2CC[C@@](C2)(N1)C(=O)OCC(C)(C)C3. The van der Waals surface area contributed by atoms with Gasteiger partial charge in [-0.25, -0.2) is 25.2 Å². The normalized spacial score (nSPS) is 28.4. The molecule has 2 saturated carbocycles. The van der Waals surface area contributed by atoms with Crippen LogP contribution in [0.5, 0.6) is 0 Å². The zero-order chi connectivity index (χ0) is 45.6. The molecule has 346 valence electrons. The lowest BCUT2D eigenvalue weighted by Crippen LogP contribution is -2.64.